The molecule has 0 aliphatic heterocycles. The van der Waals surface area contributed by atoms with E-state index in [0.717, 1.165) is 12.8 Å². The van der Waals surface area contributed by atoms with Crippen LogP contribution in [0.4, 0.5) is 18.4 Å². The van der Waals surface area contributed by atoms with Crippen LogP contribution in [0.1, 0.15) is 65.9 Å². The van der Waals surface area contributed by atoms with Crippen molar-refractivity contribution in [2.45, 2.75) is 96.6 Å². The number of alkyl carbamates (subject to hydrolysis) is 1. The number of benzene rings is 1. The van der Waals surface area contributed by atoms with Gasteiger partial charge in [0, 0.05) is 18.8 Å². The molecule has 3 fully saturated rings. The Hall–Kier alpha value is -4.00. The standard InChI is InChI=1S/C36H47F2NO10/c1-8-16-44-30(40)35(38)26-19-28(46-20-23-11-14-25(37)15-12-23)36(29(26)35,39-32(42)45-17-9-2)31(41)47-22(4)48-33(43)49-27-18-24(34(5,6)7)13-10-21(27)3/h8-9,11-12,14-15,21-22,24,26-29H,1-2,10,13,16-20H2,3-7H3,(H,39,42)/t21?,22?,24-,26+,27+,28+,29-,35+,36-/m0/s1. The van der Waals surface area contributed by atoms with E-state index in [1.54, 1.807) is 0 Å². The minimum Gasteiger partial charge on any atom is -0.459 e. The van der Waals surface area contributed by atoms with Crippen LogP contribution in [-0.4, -0.2) is 67.1 Å². The van der Waals surface area contributed by atoms with E-state index in [1.807, 2.05) is 6.92 Å². The van der Waals surface area contributed by atoms with E-state index in [1.165, 1.54) is 43.3 Å². The summed E-state index contributed by atoms with van der Waals surface area (Å²) in [5.41, 5.74) is -4.51. The molecule has 3 saturated carbocycles. The molecule has 0 spiro atoms. The Labute approximate surface area is 285 Å². The molecule has 1 aromatic carbocycles. The van der Waals surface area contributed by atoms with Gasteiger partial charge in [0.05, 0.1) is 12.7 Å². The maximum Gasteiger partial charge on any atom is 0.511 e. The van der Waals surface area contributed by atoms with Crippen molar-refractivity contribution < 1.29 is 56.4 Å². The Morgan fingerprint density at radius 2 is 1.65 bits per heavy atom. The van der Waals surface area contributed by atoms with Crippen molar-refractivity contribution in [2.75, 3.05) is 13.2 Å². The second-order valence-electron chi connectivity index (χ2n) is 14.1. The van der Waals surface area contributed by atoms with Gasteiger partial charge in [0.1, 0.15) is 25.1 Å². The molecule has 4 rings (SSSR count). The Balaban J connectivity index is 1.57. The Kier molecular flexibility index (Phi) is 11.8. The topological polar surface area (TPSA) is 136 Å². The van der Waals surface area contributed by atoms with Crippen molar-refractivity contribution in [2.24, 2.45) is 29.1 Å². The molecule has 11 nitrogen and oxygen atoms in total. The highest BCUT2D eigenvalue weighted by atomic mass is 19.1. The van der Waals surface area contributed by atoms with Crippen LogP contribution in [-0.2, 0) is 44.6 Å². The molecule has 1 amide bonds. The van der Waals surface area contributed by atoms with E-state index in [0.29, 0.717) is 17.9 Å². The highest BCUT2D eigenvalue weighted by Crippen LogP contribution is 2.68. The lowest BCUT2D eigenvalue weighted by Gasteiger charge is -2.40. The number of fused-ring (bicyclic) bond motifs is 1. The van der Waals surface area contributed by atoms with Gasteiger partial charge in [-0.25, -0.2) is 28.0 Å². The Morgan fingerprint density at radius 1 is 1.00 bits per heavy atom. The summed E-state index contributed by atoms with van der Waals surface area (Å²) in [5.74, 6) is -5.19. The monoisotopic (exact) mass is 691 g/mol. The smallest absolute Gasteiger partial charge is 0.459 e. The van der Waals surface area contributed by atoms with Gasteiger partial charge in [-0.2, -0.15) is 0 Å². The number of carbonyl (C=O) groups is 4. The normalized spacial score (nSPS) is 30.9. The second kappa shape index (κ2) is 15.3. The zero-order chi connectivity index (χ0) is 36.1. The highest BCUT2D eigenvalue weighted by Gasteiger charge is 2.87. The molecule has 270 valence electrons. The lowest BCUT2D eigenvalue weighted by Crippen LogP contribution is -2.65. The van der Waals surface area contributed by atoms with Gasteiger partial charge in [-0.3, -0.25) is 0 Å². The van der Waals surface area contributed by atoms with E-state index in [-0.39, 0.29) is 37.6 Å². The van der Waals surface area contributed by atoms with Gasteiger partial charge in [0.25, 0.3) is 0 Å². The molecule has 3 aliphatic rings. The van der Waals surface area contributed by atoms with E-state index < -0.39 is 71.5 Å². The van der Waals surface area contributed by atoms with E-state index in [4.69, 9.17) is 28.4 Å². The van der Waals surface area contributed by atoms with Crippen molar-refractivity contribution >= 4 is 24.2 Å². The maximum absolute atomic E-state index is 16.5. The molecule has 9 atom stereocenters. The van der Waals surface area contributed by atoms with Gasteiger partial charge in [0.2, 0.25) is 12.0 Å². The molecule has 0 radical (unpaired) electrons. The fourth-order valence-corrected chi connectivity index (χ4v) is 7.10. The first kappa shape index (κ1) is 37.8. The second-order valence-corrected chi connectivity index (χ2v) is 14.1. The fraction of sp³-hybridized carbons (Fsp3) is 0.611. The molecule has 2 unspecified atom stereocenters. The zero-order valence-electron chi connectivity index (χ0n) is 28.7. The largest absolute Gasteiger partial charge is 0.511 e. The average Bonchev–Trinajstić information content (AvgIpc) is 3.49. The number of ether oxygens (including phenoxy) is 6. The molecule has 1 aromatic rings. The SMILES string of the molecule is C=CCOC(=O)N[C@@]1(C(=O)OC(C)OC(=O)O[C@@H]2C[C@@H](C(C)(C)C)CCC2C)[C@H](OCc2ccc(F)cc2)C[C@@H]2[C@H]1[C@@]2(F)C(=O)OCC=C. The number of carbonyl (C=O) groups excluding carboxylic acids is 4. The van der Waals surface area contributed by atoms with Crippen molar-refractivity contribution in [3.05, 3.63) is 61.0 Å². The third-order valence-electron chi connectivity index (χ3n) is 9.87. The third kappa shape index (κ3) is 8.25. The molecule has 0 saturated heterocycles. The van der Waals surface area contributed by atoms with Crippen LogP contribution in [0.5, 0.6) is 0 Å². The maximum atomic E-state index is 16.5. The Bertz CT molecular complexity index is 1400. The van der Waals surface area contributed by atoms with Crippen LogP contribution in [0.15, 0.2) is 49.6 Å². The van der Waals surface area contributed by atoms with E-state index >= 15 is 4.39 Å². The summed E-state index contributed by atoms with van der Waals surface area (Å²) in [7, 11) is 0. The molecule has 3 aliphatic carbocycles. The van der Waals surface area contributed by atoms with Gasteiger partial charge in [-0.05, 0) is 60.6 Å². The molecule has 0 bridgehead atoms. The number of nitrogens with one attached hydrogen (secondary N) is 1. The summed E-state index contributed by atoms with van der Waals surface area (Å²) in [5, 5.41) is 2.42. The van der Waals surface area contributed by atoms with Crippen LogP contribution in [0.3, 0.4) is 0 Å². The third-order valence-corrected chi connectivity index (χ3v) is 9.87. The quantitative estimate of drug-likeness (QED) is 0.108. The number of halogens is 2. The number of esters is 2. The van der Waals surface area contributed by atoms with Gasteiger partial charge in [-0.1, -0.05) is 65.1 Å². The first-order valence-corrected chi connectivity index (χ1v) is 16.5. The number of rotatable bonds is 13. The van der Waals surface area contributed by atoms with Crippen molar-refractivity contribution in [3.8, 4) is 0 Å². The fourth-order valence-electron chi connectivity index (χ4n) is 7.10. The molecular weight excluding hydrogens is 644 g/mol. The number of alkyl halides is 1. The van der Waals surface area contributed by atoms with Crippen LogP contribution in [0, 0.1) is 34.9 Å². The first-order valence-electron chi connectivity index (χ1n) is 16.5. The number of hydrogen-bond acceptors (Lipinski definition) is 10. The predicted octanol–water partition coefficient (Wildman–Crippen LogP) is 6.34. The Morgan fingerprint density at radius 3 is 2.29 bits per heavy atom. The molecule has 0 heterocycles. The predicted molar refractivity (Wildman–Crippen MR) is 172 cm³/mol. The van der Waals surface area contributed by atoms with Gasteiger partial charge in [-0.15, -0.1) is 0 Å². The summed E-state index contributed by atoms with van der Waals surface area (Å²) >= 11 is 0. The zero-order valence-corrected chi connectivity index (χ0v) is 28.7. The van der Waals surface area contributed by atoms with Gasteiger partial charge in [0.15, 0.2) is 5.54 Å². The lowest BCUT2D eigenvalue weighted by atomic mass is 9.69. The lowest BCUT2D eigenvalue weighted by molar-refractivity contribution is -0.186. The summed E-state index contributed by atoms with van der Waals surface area (Å²) in [6.07, 6.45) is -0.603. The van der Waals surface area contributed by atoms with Crippen LogP contribution >= 0.6 is 0 Å². The first-order chi connectivity index (χ1) is 23.1. The van der Waals surface area contributed by atoms with Crippen molar-refractivity contribution in [3.63, 3.8) is 0 Å². The van der Waals surface area contributed by atoms with Crippen molar-refractivity contribution in [1.29, 1.82) is 0 Å². The summed E-state index contributed by atoms with van der Waals surface area (Å²) < 4.78 is 62.7. The van der Waals surface area contributed by atoms with E-state index in [9.17, 15) is 23.6 Å². The summed E-state index contributed by atoms with van der Waals surface area (Å²) in [4.78, 5) is 53.0. The molecule has 1 N–H and O–H groups in total. The van der Waals surface area contributed by atoms with Gasteiger partial charge < -0.3 is 33.7 Å². The molecule has 0 aromatic heterocycles. The van der Waals surface area contributed by atoms with Crippen LogP contribution < -0.4 is 5.32 Å². The minimum absolute atomic E-state index is 0.0175. The van der Waals surface area contributed by atoms with Crippen LogP contribution in [0.2, 0.25) is 0 Å². The molecule has 13 heteroatoms. The van der Waals surface area contributed by atoms with E-state index in [2.05, 4.69) is 39.2 Å². The number of hydrogen-bond donors (Lipinski definition) is 1. The minimum atomic E-state index is -2.70. The highest BCUT2D eigenvalue weighted by molar-refractivity contribution is 5.94. The average molecular weight is 692 g/mol. The van der Waals surface area contributed by atoms with Crippen LogP contribution in [0.25, 0.3) is 0 Å². The summed E-state index contributed by atoms with van der Waals surface area (Å²) in [6, 6.07) is 5.35. The molecule has 49 heavy (non-hydrogen) atoms. The molecular formula is C36H47F2NO10. The van der Waals surface area contributed by atoms with Gasteiger partial charge >= 0.3 is 24.2 Å². The van der Waals surface area contributed by atoms with Crippen molar-refractivity contribution in [1.82, 2.24) is 5.32 Å². The number of amides is 1. The summed E-state index contributed by atoms with van der Waals surface area (Å²) in [6.45, 7) is 15.9.